The Balaban J connectivity index is 2.02. The highest BCUT2D eigenvalue weighted by molar-refractivity contribution is 8.00. The molecule has 0 N–H and O–H groups in total. The minimum absolute atomic E-state index is 0.00741. The van der Waals surface area contributed by atoms with Crippen molar-refractivity contribution in [3.05, 3.63) is 16.1 Å². The van der Waals surface area contributed by atoms with Gasteiger partial charge in [-0.3, -0.25) is 4.79 Å². The highest BCUT2D eigenvalue weighted by Gasteiger charge is 2.35. The lowest BCUT2D eigenvalue weighted by Crippen LogP contribution is -2.44. The number of hydrogen-bond donors (Lipinski definition) is 0. The summed E-state index contributed by atoms with van der Waals surface area (Å²) >= 11 is 3.08. The van der Waals surface area contributed by atoms with Crippen LogP contribution in [0.25, 0.3) is 0 Å². The van der Waals surface area contributed by atoms with Crippen molar-refractivity contribution in [2.45, 2.75) is 24.5 Å². The zero-order chi connectivity index (χ0) is 13.2. The van der Waals surface area contributed by atoms with E-state index in [0.717, 1.165) is 17.8 Å². The summed E-state index contributed by atoms with van der Waals surface area (Å²) in [5.74, 6) is -0.00741. The molecule has 0 atom stereocenters. The van der Waals surface area contributed by atoms with Gasteiger partial charge in [0.2, 0.25) is 0 Å². The van der Waals surface area contributed by atoms with Crippen molar-refractivity contribution in [3.8, 4) is 6.07 Å². The molecule has 0 aromatic carbocycles. The van der Waals surface area contributed by atoms with Gasteiger partial charge < -0.3 is 4.90 Å². The van der Waals surface area contributed by atoms with Crippen LogP contribution in [0.3, 0.4) is 0 Å². The maximum absolute atomic E-state index is 12.2. The number of aryl methyl sites for hydroxylation is 1. The first-order valence-corrected chi connectivity index (χ1v) is 7.88. The Hall–Kier alpha value is -1.06. The van der Waals surface area contributed by atoms with Gasteiger partial charge in [-0.25, -0.2) is 4.98 Å². The van der Waals surface area contributed by atoms with Crippen molar-refractivity contribution in [1.29, 1.82) is 5.26 Å². The minimum Gasteiger partial charge on any atom is -0.337 e. The Morgan fingerprint density at radius 1 is 1.61 bits per heavy atom. The van der Waals surface area contributed by atoms with E-state index < -0.39 is 0 Å². The second-order valence-corrected chi connectivity index (χ2v) is 6.61. The summed E-state index contributed by atoms with van der Waals surface area (Å²) in [5, 5.41) is 11.9. The summed E-state index contributed by atoms with van der Waals surface area (Å²) in [7, 11) is 0. The van der Waals surface area contributed by atoms with E-state index in [9.17, 15) is 10.1 Å². The van der Waals surface area contributed by atoms with Crippen molar-refractivity contribution in [2.24, 2.45) is 0 Å². The number of hydrogen-bond acceptors (Lipinski definition) is 5. The summed E-state index contributed by atoms with van der Waals surface area (Å²) in [6.07, 6.45) is 3.43. The summed E-state index contributed by atoms with van der Waals surface area (Å²) in [4.78, 5) is 18.2. The Kier molecular flexibility index (Phi) is 3.93. The molecule has 2 heterocycles. The van der Waals surface area contributed by atoms with Crippen LogP contribution in [0.2, 0.25) is 0 Å². The highest BCUT2D eigenvalue weighted by atomic mass is 32.2. The first-order chi connectivity index (χ1) is 8.60. The fourth-order valence-corrected chi connectivity index (χ4v) is 3.33. The molecule has 18 heavy (non-hydrogen) atoms. The molecule has 0 spiro atoms. The molecule has 6 heteroatoms. The molecule has 1 amide bonds. The Morgan fingerprint density at radius 2 is 2.28 bits per heavy atom. The maximum atomic E-state index is 12.2. The van der Waals surface area contributed by atoms with Crippen LogP contribution in [0.4, 0.5) is 0 Å². The maximum Gasteiger partial charge on any atom is 0.273 e. The standard InChI is InChI=1S/C12H15N3OS2/c1-9-14-10(7-18-9)11(16)15-5-3-12(8-13,17-2)4-6-15/h7H,3-6H2,1-2H3. The third kappa shape index (κ3) is 2.52. The van der Waals surface area contributed by atoms with E-state index in [1.54, 1.807) is 22.0 Å². The summed E-state index contributed by atoms with van der Waals surface area (Å²) in [5.41, 5.74) is 0.533. The molecule has 0 saturated carbocycles. The van der Waals surface area contributed by atoms with E-state index >= 15 is 0 Å². The van der Waals surface area contributed by atoms with Gasteiger partial charge in [0.15, 0.2) is 0 Å². The second kappa shape index (κ2) is 5.29. The van der Waals surface area contributed by atoms with Gasteiger partial charge in [0.1, 0.15) is 10.4 Å². The van der Waals surface area contributed by atoms with Crippen LogP contribution >= 0.6 is 23.1 Å². The van der Waals surface area contributed by atoms with Gasteiger partial charge in [-0.05, 0) is 26.0 Å². The SMILES string of the molecule is CSC1(C#N)CCN(C(=O)c2csc(C)n2)CC1. The molecule has 1 aromatic heterocycles. The largest absolute Gasteiger partial charge is 0.337 e. The number of nitrogens with zero attached hydrogens (tertiary/aromatic N) is 3. The lowest BCUT2D eigenvalue weighted by molar-refractivity contribution is 0.0711. The molecule has 1 fully saturated rings. The van der Waals surface area contributed by atoms with Crippen LogP contribution in [-0.2, 0) is 0 Å². The van der Waals surface area contributed by atoms with E-state index in [1.165, 1.54) is 11.3 Å². The van der Waals surface area contributed by atoms with E-state index in [0.29, 0.717) is 18.8 Å². The number of likely N-dealkylation sites (tertiary alicyclic amines) is 1. The first-order valence-electron chi connectivity index (χ1n) is 5.78. The fraction of sp³-hybridized carbons (Fsp3) is 0.583. The van der Waals surface area contributed by atoms with E-state index in [1.807, 2.05) is 13.2 Å². The minimum atomic E-state index is -0.311. The van der Waals surface area contributed by atoms with Crippen LogP contribution in [0.15, 0.2) is 5.38 Å². The molecule has 1 aliphatic rings. The number of rotatable bonds is 2. The zero-order valence-corrected chi connectivity index (χ0v) is 12.1. The number of piperidine rings is 1. The summed E-state index contributed by atoms with van der Waals surface area (Å²) in [6.45, 7) is 3.18. The Bertz CT molecular complexity index is 484. The smallest absolute Gasteiger partial charge is 0.273 e. The van der Waals surface area contributed by atoms with Crippen LogP contribution in [-0.4, -0.2) is 39.9 Å². The van der Waals surface area contributed by atoms with Crippen molar-refractivity contribution in [2.75, 3.05) is 19.3 Å². The predicted molar refractivity (Wildman–Crippen MR) is 73.8 cm³/mol. The number of thiazole rings is 1. The van der Waals surface area contributed by atoms with Crippen LogP contribution in [0.5, 0.6) is 0 Å². The number of nitriles is 1. The van der Waals surface area contributed by atoms with Crippen molar-refractivity contribution in [1.82, 2.24) is 9.88 Å². The predicted octanol–water partition coefficient (Wildman–Crippen LogP) is 2.31. The van der Waals surface area contributed by atoms with Crippen LogP contribution < -0.4 is 0 Å². The van der Waals surface area contributed by atoms with Crippen molar-refractivity contribution >= 4 is 29.0 Å². The van der Waals surface area contributed by atoms with Crippen LogP contribution in [0.1, 0.15) is 28.3 Å². The average Bonchev–Trinajstić information content (AvgIpc) is 2.85. The molecule has 0 unspecified atom stereocenters. The number of thioether (sulfide) groups is 1. The topological polar surface area (TPSA) is 57.0 Å². The number of carbonyl (C=O) groups excluding carboxylic acids is 1. The van der Waals surface area contributed by atoms with Crippen LogP contribution in [0, 0.1) is 18.3 Å². The lowest BCUT2D eigenvalue weighted by atomic mass is 9.97. The molecule has 0 bridgehead atoms. The molecule has 4 nitrogen and oxygen atoms in total. The number of aromatic nitrogens is 1. The molecule has 96 valence electrons. The Morgan fingerprint density at radius 3 is 2.72 bits per heavy atom. The summed E-state index contributed by atoms with van der Waals surface area (Å²) in [6, 6.07) is 2.38. The van der Waals surface area contributed by atoms with E-state index in [2.05, 4.69) is 11.1 Å². The normalized spacial score (nSPS) is 18.4. The number of amides is 1. The molecule has 1 aromatic rings. The molecule has 1 aliphatic heterocycles. The summed E-state index contributed by atoms with van der Waals surface area (Å²) < 4.78 is -0.311. The molecule has 1 saturated heterocycles. The van der Waals surface area contributed by atoms with Gasteiger partial charge in [-0.1, -0.05) is 0 Å². The lowest BCUT2D eigenvalue weighted by Gasteiger charge is -2.35. The van der Waals surface area contributed by atoms with Gasteiger partial charge in [0, 0.05) is 18.5 Å². The third-order valence-corrected chi connectivity index (χ3v) is 5.35. The highest BCUT2D eigenvalue weighted by Crippen LogP contribution is 2.34. The fourth-order valence-electron chi connectivity index (χ4n) is 2.06. The van der Waals surface area contributed by atoms with Crippen molar-refractivity contribution in [3.63, 3.8) is 0 Å². The zero-order valence-electron chi connectivity index (χ0n) is 10.5. The van der Waals surface area contributed by atoms with E-state index in [4.69, 9.17) is 0 Å². The monoisotopic (exact) mass is 281 g/mol. The van der Waals surface area contributed by atoms with Crippen molar-refractivity contribution < 1.29 is 4.79 Å². The van der Waals surface area contributed by atoms with Gasteiger partial charge >= 0.3 is 0 Å². The first kappa shape index (κ1) is 13.4. The number of carbonyl (C=O) groups is 1. The van der Waals surface area contributed by atoms with Gasteiger partial charge in [-0.15, -0.1) is 23.1 Å². The molecular weight excluding hydrogens is 266 g/mol. The van der Waals surface area contributed by atoms with E-state index in [-0.39, 0.29) is 10.7 Å². The Labute approximate surface area is 115 Å². The quantitative estimate of drug-likeness (QED) is 0.834. The second-order valence-electron chi connectivity index (χ2n) is 4.35. The van der Waals surface area contributed by atoms with Gasteiger partial charge in [-0.2, -0.15) is 5.26 Å². The molecule has 0 aliphatic carbocycles. The molecule has 0 radical (unpaired) electrons. The third-order valence-electron chi connectivity index (χ3n) is 3.29. The van der Waals surface area contributed by atoms with Gasteiger partial charge in [0.25, 0.3) is 5.91 Å². The van der Waals surface area contributed by atoms with Gasteiger partial charge in [0.05, 0.1) is 11.1 Å². The molecule has 2 rings (SSSR count). The molecular formula is C12H15N3OS2. The average molecular weight is 281 g/mol.